The quantitative estimate of drug-likeness (QED) is 0.816. The van der Waals surface area contributed by atoms with Crippen molar-refractivity contribution in [2.24, 2.45) is 0 Å². The molecule has 0 radical (unpaired) electrons. The van der Waals surface area contributed by atoms with Crippen molar-refractivity contribution in [3.05, 3.63) is 46.7 Å². The summed E-state index contributed by atoms with van der Waals surface area (Å²) in [6.07, 6.45) is 1.74. The lowest BCUT2D eigenvalue weighted by Gasteiger charge is -2.33. The van der Waals surface area contributed by atoms with Gasteiger partial charge in [0.15, 0.2) is 0 Å². The number of likely N-dealkylation sites (tertiary alicyclic amines) is 1. The largest absolute Gasteiger partial charge is 0.489 e. The molecule has 144 valence electrons. The van der Waals surface area contributed by atoms with Gasteiger partial charge in [-0.1, -0.05) is 18.2 Å². The summed E-state index contributed by atoms with van der Waals surface area (Å²) in [7, 11) is 0. The molecule has 0 saturated carbocycles. The highest BCUT2D eigenvalue weighted by atomic mass is 32.1. The van der Waals surface area contributed by atoms with Gasteiger partial charge in [0.1, 0.15) is 5.75 Å². The Morgan fingerprint density at radius 3 is 2.78 bits per heavy atom. The summed E-state index contributed by atoms with van der Waals surface area (Å²) in [4.78, 5) is 27.5. The fourth-order valence-electron chi connectivity index (χ4n) is 3.11. The number of nitrogens with zero attached hydrogens (tertiary/aromatic N) is 1. The molecular formula is C20H25N3O3S. The van der Waals surface area contributed by atoms with Crippen LogP contribution in [0.3, 0.4) is 0 Å². The second kappa shape index (κ2) is 8.90. The highest BCUT2D eigenvalue weighted by molar-refractivity contribution is 7.12. The van der Waals surface area contributed by atoms with E-state index in [-0.39, 0.29) is 24.1 Å². The molecule has 3 rings (SSSR count). The first-order valence-electron chi connectivity index (χ1n) is 9.19. The molecule has 0 aliphatic carbocycles. The lowest BCUT2D eigenvalue weighted by Crippen LogP contribution is -2.50. The first kappa shape index (κ1) is 19.2. The number of urea groups is 1. The minimum Gasteiger partial charge on any atom is -0.489 e. The van der Waals surface area contributed by atoms with Crippen LogP contribution in [0, 0.1) is 0 Å². The van der Waals surface area contributed by atoms with E-state index < -0.39 is 0 Å². The van der Waals surface area contributed by atoms with Crippen molar-refractivity contribution in [1.82, 2.24) is 10.2 Å². The summed E-state index contributed by atoms with van der Waals surface area (Å²) in [6.45, 7) is 5.13. The number of thiophene rings is 1. The van der Waals surface area contributed by atoms with Crippen LogP contribution in [0.1, 0.15) is 36.4 Å². The number of benzene rings is 1. The first-order chi connectivity index (χ1) is 13.0. The van der Waals surface area contributed by atoms with E-state index >= 15 is 0 Å². The van der Waals surface area contributed by atoms with Gasteiger partial charge in [0.05, 0.1) is 16.7 Å². The summed E-state index contributed by atoms with van der Waals surface area (Å²) in [5.41, 5.74) is 0.631. The predicted octanol–water partition coefficient (Wildman–Crippen LogP) is 3.96. The Morgan fingerprint density at radius 1 is 1.22 bits per heavy atom. The fourth-order valence-corrected chi connectivity index (χ4v) is 3.80. The molecule has 2 heterocycles. The highest BCUT2D eigenvalue weighted by Crippen LogP contribution is 2.25. The monoisotopic (exact) mass is 387 g/mol. The van der Waals surface area contributed by atoms with Crippen LogP contribution in [0.5, 0.6) is 5.75 Å². The maximum atomic E-state index is 12.5. The molecule has 6 nitrogen and oxygen atoms in total. The number of amides is 3. The molecule has 1 atom stereocenters. The van der Waals surface area contributed by atoms with E-state index in [4.69, 9.17) is 4.74 Å². The summed E-state index contributed by atoms with van der Waals surface area (Å²) in [6, 6.07) is 10.7. The van der Waals surface area contributed by atoms with Crippen LogP contribution < -0.4 is 15.4 Å². The fraction of sp³-hybridized carbons (Fsp3) is 0.400. The van der Waals surface area contributed by atoms with Crippen LogP contribution in [-0.2, 0) is 0 Å². The van der Waals surface area contributed by atoms with Gasteiger partial charge in [0, 0.05) is 19.1 Å². The number of hydrogen-bond donors (Lipinski definition) is 2. The van der Waals surface area contributed by atoms with Crippen molar-refractivity contribution in [3.63, 3.8) is 0 Å². The summed E-state index contributed by atoms with van der Waals surface area (Å²) < 4.78 is 5.73. The van der Waals surface area contributed by atoms with E-state index in [1.165, 1.54) is 11.3 Å². The second-order valence-corrected chi connectivity index (χ2v) is 7.78. The molecule has 0 bridgehead atoms. The number of para-hydroxylation sites is 2. The first-order valence-corrected chi connectivity index (χ1v) is 10.1. The van der Waals surface area contributed by atoms with Crippen LogP contribution in [-0.4, -0.2) is 42.1 Å². The number of hydrogen-bond acceptors (Lipinski definition) is 4. The number of carbonyl (C=O) groups is 2. The third-order valence-electron chi connectivity index (χ3n) is 4.27. The molecular weight excluding hydrogens is 362 g/mol. The zero-order chi connectivity index (χ0) is 19.2. The van der Waals surface area contributed by atoms with Gasteiger partial charge in [-0.15, -0.1) is 11.3 Å². The van der Waals surface area contributed by atoms with Crippen molar-refractivity contribution in [2.45, 2.75) is 38.8 Å². The van der Waals surface area contributed by atoms with Crippen LogP contribution in [0.4, 0.5) is 10.5 Å². The lowest BCUT2D eigenvalue weighted by atomic mass is 10.1. The van der Waals surface area contributed by atoms with E-state index in [9.17, 15) is 9.59 Å². The van der Waals surface area contributed by atoms with Crippen molar-refractivity contribution >= 4 is 29.0 Å². The molecule has 1 aromatic heterocycles. The third-order valence-corrected chi connectivity index (χ3v) is 5.13. The zero-order valence-corrected chi connectivity index (χ0v) is 16.4. The number of piperidine rings is 1. The van der Waals surface area contributed by atoms with Crippen molar-refractivity contribution in [3.8, 4) is 5.75 Å². The maximum absolute atomic E-state index is 12.5. The molecule has 2 N–H and O–H groups in total. The van der Waals surface area contributed by atoms with E-state index in [2.05, 4.69) is 10.6 Å². The molecule has 0 unspecified atom stereocenters. The average Bonchev–Trinajstić information content (AvgIpc) is 3.17. The maximum Gasteiger partial charge on any atom is 0.319 e. The van der Waals surface area contributed by atoms with Crippen molar-refractivity contribution in [2.75, 3.05) is 18.4 Å². The van der Waals surface area contributed by atoms with Gasteiger partial charge in [-0.25, -0.2) is 4.79 Å². The Morgan fingerprint density at radius 2 is 2.04 bits per heavy atom. The number of rotatable bonds is 5. The predicted molar refractivity (Wildman–Crippen MR) is 108 cm³/mol. The lowest BCUT2D eigenvalue weighted by molar-refractivity contribution is 0.0703. The van der Waals surface area contributed by atoms with Crippen LogP contribution in [0.15, 0.2) is 41.8 Å². The Labute approximate surface area is 163 Å². The topological polar surface area (TPSA) is 70.7 Å². The molecule has 1 aromatic carbocycles. The van der Waals surface area contributed by atoms with E-state index in [0.717, 1.165) is 24.3 Å². The molecule has 1 aliphatic rings. The minimum atomic E-state index is -0.287. The molecule has 7 heteroatoms. The van der Waals surface area contributed by atoms with Gasteiger partial charge in [0.2, 0.25) is 0 Å². The van der Waals surface area contributed by atoms with Crippen LogP contribution in [0.25, 0.3) is 0 Å². The van der Waals surface area contributed by atoms with Gasteiger partial charge in [-0.3, -0.25) is 4.79 Å². The average molecular weight is 388 g/mol. The third kappa shape index (κ3) is 5.23. The molecule has 2 aromatic rings. The molecule has 0 spiro atoms. The second-order valence-electron chi connectivity index (χ2n) is 6.83. The number of carbonyl (C=O) groups excluding carboxylic acids is 2. The molecule has 1 aliphatic heterocycles. The molecule has 1 saturated heterocycles. The number of nitrogens with one attached hydrogen (secondary N) is 2. The van der Waals surface area contributed by atoms with Gasteiger partial charge >= 0.3 is 6.03 Å². The molecule has 27 heavy (non-hydrogen) atoms. The zero-order valence-electron chi connectivity index (χ0n) is 15.6. The van der Waals surface area contributed by atoms with E-state index in [1.54, 1.807) is 0 Å². The summed E-state index contributed by atoms with van der Waals surface area (Å²) in [5.74, 6) is 0.674. The van der Waals surface area contributed by atoms with Crippen LogP contribution >= 0.6 is 11.3 Å². The Kier molecular flexibility index (Phi) is 6.34. The van der Waals surface area contributed by atoms with Gasteiger partial charge in [-0.2, -0.15) is 0 Å². The van der Waals surface area contributed by atoms with E-state index in [0.29, 0.717) is 18.0 Å². The highest BCUT2D eigenvalue weighted by Gasteiger charge is 2.26. The van der Waals surface area contributed by atoms with Crippen LogP contribution in [0.2, 0.25) is 0 Å². The summed E-state index contributed by atoms with van der Waals surface area (Å²) >= 11 is 1.44. The van der Waals surface area contributed by atoms with Gasteiger partial charge in [-0.05, 0) is 50.3 Å². The number of anilines is 1. The standard InChI is InChI=1S/C20H25N3O3S/c1-14(2)26-17-9-4-3-8-16(17)22-20(25)21-15-7-5-11-23(13-15)19(24)18-10-6-12-27-18/h3-4,6,8-10,12,14-15H,5,7,11,13H2,1-2H3,(H2,21,22,25)/t15-/m0/s1. The Balaban J connectivity index is 1.57. The van der Waals surface area contributed by atoms with Crippen molar-refractivity contribution < 1.29 is 14.3 Å². The Hall–Kier alpha value is -2.54. The van der Waals surface area contributed by atoms with E-state index in [1.807, 2.05) is 60.5 Å². The van der Waals surface area contributed by atoms with Crippen molar-refractivity contribution in [1.29, 1.82) is 0 Å². The normalized spacial score (nSPS) is 16.9. The smallest absolute Gasteiger partial charge is 0.319 e. The van der Waals surface area contributed by atoms with Gasteiger partial charge < -0.3 is 20.3 Å². The molecule has 3 amide bonds. The Bertz CT molecular complexity index is 777. The summed E-state index contributed by atoms with van der Waals surface area (Å²) in [5, 5.41) is 7.74. The molecule has 1 fully saturated rings. The van der Waals surface area contributed by atoms with Gasteiger partial charge in [0.25, 0.3) is 5.91 Å². The minimum absolute atomic E-state index is 0.0196. The SMILES string of the molecule is CC(C)Oc1ccccc1NC(=O)N[C@H]1CCCN(C(=O)c2cccs2)C1. The number of ether oxygens (including phenoxy) is 1.